The lowest BCUT2D eigenvalue weighted by Crippen LogP contribution is -2.45. The third-order valence-electron chi connectivity index (χ3n) is 5.53. The van der Waals surface area contributed by atoms with Gasteiger partial charge in [0, 0.05) is 34.6 Å². The molecule has 0 radical (unpaired) electrons. The Bertz CT molecular complexity index is 1100. The molecule has 1 aromatic carbocycles. The number of aromatic nitrogens is 2. The van der Waals surface area contributed by atoms with Crippen molar-refractivity contribution < 1.29 is 8.42 Å². The molecule has 3 N–H and O–H groups in total. The van der Waals surface area contributed by atoms with Gasteiger partial charge in [-0.25, -0.2) is 18.1 Å². The number of fused-ring (bicyclic) bond motifs is 1. The minimum atomic E-state index is -3.79. The average molecular weight is 459 g/mol. The van der Waals surface area contributed by atoms with Gasteiger partial charge in [0.15, 0.2) is 15.1 Å². The Hall–Kier alpha value is -1.16. The summed E-state index contributed by atoms with van der Waals surface area (Å²) >= 11 is 13.6. The molecule has 0 amide bonds. The lowest BCUT2D eigenvalue weighted by molar-refractivity contribution is 0.267. The molecule has 1 aliphatic carbocycles. The van der Waals surface area contributed by atoms with Crippen molar-refractivity contribution in [2.75, 3.05) is 6.54 Å². The molecule has 0 atom stereocenters. The van der Waals surface area contributed by atoms with E-state index in [1.54, 1.807) is 11.6 Å². The Kier molecular flexibility index (Phi) is 5.45. The molecule has 0 saturated heterocycles. The van der Waals surface area contributed by atoms with E-state index in [4.69, 9.17) is 28.9 Å². The van der Waals surface area contributed by atoms with Crippen molar-refractivity contribution in [3.8, 4) is 0 Å². The van der Waals surface area contributed by atoms with Gasteiger partial charge in [-0.1, -0.05) is 35.3 Å². The summed E-state index contributed by atoms with van der Waals surface area (Å²) in [5.74, 6) is 0. The summed E-state index contributed by atoms with van der Waals surface area (Å²) in [6.45, 7) is 0.497. The zero-order chi connectivity index (χ0) is 19.9. The molecule has 1 saturated carbocycles. The predicted octanol–water partition coefficient (Wildman–Crippen LogP) is 3.82. The van der Waals surface area contributed by atoms with Crippen molar-refractivity contribution in [1.82, 2.24) is 14.1 Å². The van der Waals surface area contributed by atoms with Gasteiger partial charge >= 0.3 is 0 Å². The third kappa shape index (κ3) is 3.58. The maximum atomic E-state index is 12.9. The Morgan fingerprint density at radius 2 is 2.07 bits per heavy atom. The zero-order valence-electron chi connectivity index (χ0n) is 14.9. The maximum absolute atomic E-state index is 12.9. The number of halogens is 2. The molecule has 0 bridgehead atoms. The molecule has 150 valence electrons. The van der Waals surface area contributed by atoms with Crippen LogP contribution >= 0.6 is 34.5 Å². The molecule has 4 rings (SSSR count). The topological polar surface area (TPSA) is 89.5 Å². The smallest absolute Gasteiger partial charge is 0.260 e. The number of nitrogens with zero attached hydrogens (tertiary/aromatic N) is 2. The Morgan fingerprint density at radius 3 is 2.75 bits per heavy atom. The maximum Gasteiger partial charge on any atom is 0.260 e. The summed E-state index contributed by atoms with van der Waals surface area (Å²) in [7, 11) is -3.79. The molecule has 6 nitrogen and oxygen atoms in total. The van der Waals surface area contributed by atoms with E-state index in [0.29, 0.717) is 29.4 Å². The van der Waals surface area contributed by atoms with E-state index in [0.717, 1.165) is 18.4 Å². The monoisotopic (exact) mass is 458 g/mol. The van der Waals surface area contributed by atoms with E-state index in [1.165, 1.54) is 15.7 Å². The van der Waals surface area contributed by atoms with Crippen LogP contribution in [0, 0.1) is 0 Å². The standard InChI is InChI=1S/C18H20Cl2N4O2S2/c19-13-3-1-2-12(10-13)18(11-21)6-4-14(5-7-18)23-28(25,26)16-15(20)22-17-24(16)8-9-27-17/h1-3,8-10,14,23H,4-7,11,21H2. The van der Waals surface area contributed by atoms with Crippen LogP contribution in [0.15, 0.2) is 40.9 Å². The molecule has 1 aliphatic rings. The highest BCUT2D eigenvalue weighted by atomic mass is 35.5. The molecular formula is C18H20Cl2N4O2S2. The number of benzene rings is 1. The minimum Gasteiger partial charge on any atom is -0.330 e. The summed E-state index contributed by atoms with van der Waals surface area (Å²) in [5.41, 5.74) is 7.07. The van der Waals surface area contributed by atoms with Crippen LogP contribution in [0.5, 0.6) is 0 Å². The van der Waals surface area contributed by atoms with Crippen LogP contribution in [-0.4, -0.2) is 30.4 Å². The quantitative estimate of drug-likeness (QED) is 0.607. The first-order valence-corrected chi connectivity index (χ1v) is 12.1. The van der Waals surface area contributed by atoms with E-state index >= 15 is 0 Å². The van der Waals surface area contributed by atoms with E-state index in [-0.39, 0.29) is 21.6 Å². The highest BCUT2D eigenvalue weighted by Crippen LogP contribution is 2.40. The molecule has 1 fully saturated rings. The number of hydrogen-bond acceptors (Lipinski definition) is 5. The SMILES string of the molecule is NCC1(c2cccc(Cl)c2)CCC(NS(=O)(=O)c2c(Cl)nc3sccn23)CC1. The van der Waals surface area contributed by atoms with Gasteiger partial charge < -0.3 is 5.73 Å². The second-order valence-electron chi connectivity index (χ2n) is 7.15. The van der Waals surface area contributed by atoms with Crippen molar-refractivity contribution in [3.05, 3.63) is 51.6 Å². The van der Waals surface area contributed by atoms with E-state index in [1.807, 2.05) is 24.3 Å². The fraction of sp³-hybridized carbons (Fsp3) is 0.389. The minimum absolute atomic E-state index is 0.00378. The van der Waals surface area contributed by atoms with E-state index < -0.39 is 10.0 Å². The van der Waals surface area contributed by atoms with Crippen molar-refractivity contribution in [2.45, 2.75) is 42.2 Å². The number of thiazole rings is 1. The van der Waals surface area contributed by atoms with Crippen molar-refractivity contribution in [2.24, 2.45) is 5.73 Å². The number of rotatable bonds is 5. The van der Waals surface area contributed by atoms with Gasteiger partial charge in [0.05, 0.1) is 0 Å². The molecule has 0 unspecified atom stereocenters. The molecular weight excluding hydrogens is 439 g/mol. The number of sulfonamides is 1. The van der Waals surface area contributed by atoms with Gasteiger partial charge in [0.1, 0.15) is 0 Å². The largest absolute Gasteiger partial charge is 0.330 e. The van der Waals surface area contributed by atoms with Gasteiger partial charge in [0.25, 0.3) is 10.0 Å². The summed E-state index contributed by atoms with van der Waals surface area (Å²) in [6, 6.07) is 7.60. The molecule has 0 aliphatic heterocycles. The van der Waals surface area contributed by atoms with Gasteiger partial charge in [0.2, 0.25) is 0 Å². The van der Waals surface area contributed by atoms with Crippen molar-refractivity contribution in [1.29, 1.82) is 0 Å². The number of nitrogens with one attached hydrogen (secondary N) is 1. The fourth-order valence-corrected chi connectivity index (χ4v) is 6.92. The predicted molar refractivity (Wildman–Crippen MR) is 113 cm³/mol. The van der Waals surface area contributed by atoms with Gasteiger partial charge in [-0.3, -0.25) is 4.40 Å². The van der Waals surface area contributed by atoms with Crippen LogP contribution in [0.3, 0.4) is 0 Å². The van der Waals surface area contributed by atoms with E-state index in [9.17, 15) is 8.42 Å². The van der Waals surface area contributed by atoms with Crippen molar-refractivity contribution in [3.63, 3.8) is 0 Å². The van der Waals surface area contributed by atoms with Crippen LogP contribution in [-0.2, 0) is 15.4 Å². The number of hydrogen-bond donors (Lipinski definition) is 2. The number of imidazole rings is 1. The first-order chi connectivity index (χ1) is 13.3. The Balaban J connectivity index is 1.52. The summed E-state index contributed by atoms with van der Waals surface area (Å²) in [4.78, 5) is 4.67. The molecule has 0 spiro atoms. The molecule has 2 aromatic heterocycles. The second-order valence-corrected chi connectivity index (χ2v) is 10.5. The first-order valence-electron chi connectivity index (χ1n) is 8.94. The van der Waals surface area contributed by atoms with Gasteiger partial charge in [-0.15, -0.1) is 11.3 Å². The lowest BCUT2D eigenvalue weighted by Gasteiger charge is -2.40. The highest BCUT2D eigenvalue weighted by Gasteiger charge is 2.38. The van der Waals surface area contributed by atoms with Gasteiger partial charge in [-0.2, -0.15) is 0 Å². The third-order valence-corrected chi connectivity index (χ3v) is 8.44. The Labute approximate surface area is 177 Å². The summed E-state index contributed by atoms with van der Waals surface area (Å²) in [5, 5.41) is 2.45. The summed E-state index contributed by atoms with van der Waals surface area (Å²) in [6.07, 6.45) is 4.60. The lowest BCUT2D eigenvalue weighted by atomic mass is 9.68. The zero-order valence-corrected chi connectivity index (χ0v) is 18.1. The molecule has 10 heteroatoms. The fourth-order valence-electron chi connectivity index (χ4n) is 3.97. The second kappa shape index (κ2) is 7.59. The van der Waals surface area contributed by atoms with Crippen LogP contribution in [0.2, 0.25) is 10.2 Å². The number of nitrogens with two attached hydrogens (primary N) is 1. The summed E-state index contributed by atoms with van der Waals surface area (Å²) < 4.78 is 30.2. The highest BCUT2D eigenvalue weighted by molar-refractivity contribution is 7.89. The normalized spacial score (nSPS) is 23.3. The van der Waals surface area contributed by atoms with Crippen LogP contribution < -0.4 is 10.5 Å². The van der Waals surface area contributed by atoms with Gasteiger partial charge in [-0.05, 0) is 43.4 Å². The Morgan fingerprint density at radius 1 is 1.32 bits per heavy atom. The van der Waals surface area contributed by atoms with Crippen LogP contribution in [0.4, 0.5) is 0 Å². The molecule has 3 aromatic rings. The van der Waals surface area contributed by atoms with E-state index in [2.05, 4.69) is 9.71 Å². The van der Waals surface area contributed by atoms with Crippen molar-refractivity contribution >= 4 is 49.5 Å². The molecule has 28 heavy (non-hydrogen) atoms. The molecule has 2 heterocycles. The first kappa shape index (κ1) is 20.1. The van der Waals surface area contributed by atoms with Crippen LogP contribution in [0.1, 0.15) is 31.2 Å². The van der Waals surface area contributed by atoms with Crippen LogP contribution in [0.25, 0.3) is 4.96 Å². The average Bonchev–Trinajstić information content (AvgIpc) is 3.22.